The Bertz CT molecular complexity index is 363. The quantitative estimate of drug-likeness (QED) is 0.236. The molecule has 6 heteroatoms. The van der Waals surface area contributed by atoms with Gasteiger partial charge in [-0.05, 0) is 38.5 Å². The highest BCUT2D eigenvalue weighted by atomic mass is 127. The SMILES string of the molecule is CCNC(=NCCCOCC1CCOC1)NC1CCCC(CC)C1.I. The van der Waals surface area contributed by atoms with Crippen LogP contribution in [0, 0.1) is 11.8 Å². The minimum absolute atomic E-state index is 0. The largest absolute Gasteiger partial charge is 0.381 e. The summed E-state index contributed by atoms with van der Waals surface area (Å²) in [5.41, 5.74) is 0. The Morgan fingerprint density at radius 1 is 1.20 bits per heavy atom. The van der Waals surface area contributed by atoms with Crippen LogP contribution in [0.25, 0.3) is 0 Å². The predicted molar refractivity (Wildman–Crippen MR) is 115 cm³/mol. The molecular weight excluding hydrogens is 429 g/mol. The maximum Gasteiger partial charge on any atom is 0.191 e. The molecule has 1 aliphatic heterocycles. The summed E-state index contributed by atoms with van der Waals surface area (Å²) in [6.07, 6.45) is 8.72. The number of guanidine groups is 1. The van der Waals surface area contributed by atoms with E-state index in [1.165, 1.54) is 32.1 Å². The van der Waals surface area contributed by atoms with E-state index >= 15 is 0 Å². The predicted octanol–water partition coefficient (Wildman–Crippen LogP) is 3.57. The zero-order valence-electron chi connectivity index (χ0n) is 16.1. The number of nitrogens with zero attached hydrogens (tertiary/aromatic N) is 1. The number of hydrogen-bond acceptors (Lipinski definition) is 3. The first kappa shape index (κ1) is 23.0. The number of hydrogen-bond donors (Lipinski definition) is 2. The van der Waals surface area contributed by atoms with E-state index in [0.29, 0.717) is 12.0 Å². The lowest BCUT2D eigenvalue weighted by Crippen LogP contribution is -2.45. The van der Waals surface area contributed by atoms with Crippen molar-refractivity contribution in [3.8, 4) is 0 Å². The molecule has 2 rings (SSSR count). The fraction of sp³-hybridized carbons (Fsp3) is 0.947. The molecule has 2 aliphatic rings. The molecule has 0 radical (unpaired) electrons. The molecule has 0 bridgehead atoms. The number of halogens is 1. The Kier molecular flexibility index (Phi) is 12.9. The molecule has 5 nitrogen and oxygen atoms in total. The minimum atomic E-state index is 0. The van der Waals surface area contributed by atoms with Crippen LogP contribution >= 0.6 is 24.0 Å². The third-order valence-corrected chi connectivity index (χ3v) is 5.14. The number of ether oxygens (including phenoxy) is 2. The van der Waals surface area contributed by atoms with Crippen LogP contribution in [-0.4, -0.2) is 51.5 Å². The molecule has 3 unspecified atom stereocenters. The average molecular weight is 467 g/mol. The molecular formula is C19H38IN3O2. The van der Waals surface area contributed by atoms with Crippen molar-refractivity contribution in [2.75, 3.05) is 39.5 Å². The van der Waals surface area contributed by atoms with E-state index in [2.05, 4.69) is 24.5 Å². The second-order valence-corrected chi connectivity index (χ2v) is 7.20. The van der Waals surface area contributed by atoms with Crippen LogP contribution in [0.5, 0.6) is 0 Å². The molecule has 1 heterocycles. The Morgan fingerprint density at radius 2 is 2.08 bits per heavy atom. The topological polar surface area (TPSA) is 54.9 Å². The van der Waals surface area contributed by atoms with Crippen LogP contribution in [0.1, 0.15) is 58.8 Å². The second kappa shape index (κ2) is 14.0. The van der Waals surface area contributed by atoms with Gasteiger partial charge in [0.05, 0.1) is 13.2 Å². The molecule has 3 atom stereocenters. The normalized spacial score (nSPS) is 27.0. The Hall–Kier alpha value is -0.0800. The van der Waals surface area contributed by atoms with Gasteiger partial charge in [-0.1, -0.05) is 26.2 Å². The summed E-state index contributed by atoms with van der Waals surface area (Å²) in [6.45, 7) is 9.56. The first-order valence-corrected chi connectivity index (χ1v) is 10.0. The summed E-state index contributed by atoms with van der Waals surface area (Å²) in [5.74, 6) is 2.46. The van der Waals surface area contributed by atoms with Crippen molar-refractivity contribution in [3.05, 3.63) is 0 Å². The second-order valence-electron chi connectivity index (χ2n) is 7.20. The number of aliphatic imine (C=N–C) groups is 1. The lowest BCUT2D eigenvalue weighted by molar-refractivity contribution is 0.0893. The standard InChI is InChI=1S/C19H37N3O2.HI/c1-3-16-7-5-8-18(13-16)22-19(20-4-2)21-10-6-11-23-14-17-9-12-24-15-17;/h16-18H,3-15H2,1-2H3,(H2,20,21,22);1H. The van der Waals surface area contributed by atoms with Gasteiger partial charge in [-0.15, -0.1) is 24.0 Å². The van der Waals surface area contributed by atoms with E-state index < -0.39 is 0 Å². The van der Waals surface area contributed by atoms with Gasteiger partial charge in [0.25, 0.3) is 0 Å². The molecule has 0 amide bonds. The van der Waals surface area contributed by atoms with Gasteiger partial charge in [-0.2, -0.15) is 0 Å². The van der Waals surface area contributed by atoms with Crippen molar-refractivity contribution in [1.29, 1.82) is 0 Å². The van der Waals surface area contributed by atoms with E-state index in [9.17, 15) is 0 Å². The smallest absolute Gasteiger partial charge is 0.191 e. The van der Waals surface area contributed by atoms with E-state index in [1.54, 1.807) is 0 Å². The molecule has 0 spiro atoms. The summed E-state index contributed by atoms with van der Waals surface area (Å²) >= 11 is 0. The number of nitrogens with one attached hydrogen (secondary N) is 2. The Morgan fingerprint density at radius 3 is 2.80 bits per heavy atom. The summed E-state index contributed by atoms with van der Waals surface area (Å²) in [4.78, 5) is 4.72. The molecule has 2 N–H and O–H groups in total. The van der Waals surface area contributed by atoms with Gasteiger partial charge in [-0.3, -0.25) is 4.99 Å². The van der Waals surface area contributed by atoms with Gasteiger partial charge >= 0.3 is 0 Å². The van der Waals surface area contributed by atoms with Crippen molar-refractivity contribution in [2.24, 2.45) is 16.8 Å². The van der Waals surface area contributed by atoms with Crippen molar-refractivity contribution in [3.63, 3.8) is 0 Å². The monoisotopic (exact) mass is 467 g/mol. The molecule has 25 heavy (non-hydrogen) atoms. The lowest BCUT2D eigenvalue weighted by atomic mass is 9.84. The molecule has 2 fully saturated rings. The van der Waals surface area contributed by atoms with Crippen molar-refractivity contribution in [2.45, 2.75) is 64.8 Å². The highest BCUT2D eigenvalue weighted by Gasteiger charge is 2.21. The van der Waals surface area contributed by atoms with Crippen LogP contribution in [0.3, 0.4) is 0 Å². The number of rotatable bonds is 9. The molecule has 1 saturated heterocycles. The van der Waals surface area contributed by atoms with Crippen LogP contribution < -0.4 is 10.6 Å². The van der Waals surface area contributed by atoms with Gasteiger partial charge in [-0.25, -0.2) is 0 Å². The molecule has 148 valence electrons. The van der Waals surface area contributed by atoms with Crippen molar-refractivity contribution >= 4 is 29.9 Å². The highest BCUT2D eigenvalue weighted by molar-refractivity contribution is 14.0. The zero-order chi connectivity index (χ0) is 17.0. The summed E-state index contributed by atoms with van der Waals surface area (Å²) in [7, 11) is 0. The minimum Gasteiger partial charge on any atom is -0.381 e. The van der Waals surface area contributed by atoms with E-state index in [1.807, 2.05) is 0 Å². The molecule has 1 saturated carbocycles. The Balaban J connectivity index is 0.00000312. The van der Waals surface area contributed by atoms with Gasteiger partial charge < -0.3 is 20.1 Å². The van der Waals surface area contributed by atoms with Crippen LogP contribution in [0.15, 0.2) is 4.99 Å². The van der Waals surface area contributed by atoms with Crippen molar-refractivity contribution in [1.82, 2.24) is 10.6 Å². The van der Waals surface area contributed by atoms with Gasteiger partial charge in [0, 0.05) is 38.3 Å². The Labute approximate surface area is 171 Å². The third kappa shape index (κ3) is 9.43. The highest BCUT2D eigenvalue weighted by Crippen LogP contribution is 2.26. The van der Waals surface area contributed by atoms with Gasteiger partial charge in [0.2, 0.25) is 0 Å². The molecule has 0 aromatic heterocycles. The van der Waals surface area contributed by atoms with E-state index in [4.69, 9.17) is 14.5 Å². The maximum atomic E-state index is 5.75. The first-order valence-electron chi connectivity index (χ1n) is 10.0. The third-order valence-electron chi connectivity index (χ3n) is 5.14. The first-order chi connectivity index (χ1) is 11.8. The summed E-state index contributed by atoms with van der Waals surface area (Å²) < 4.78 is 11.1. The molecule has 0 aromatic carbocycles. The average Bonchev–Trinajstić information content (AvgIpc) is 3.11. The van der Waals surface area contributed by atoms with Gasteiger partial charge in [0.15, 0.2) is 5.96 Å². The maximum absolute atomic E-state index is 5.75. The van der Waals surface area contributed by atoms with Crippen LogP contribution in [0.2, 0.25) is 0 Å². The summed E-state index contributed by atoms with van der Waals surface area (Å²) in [5, 5.41) is 7.02. The van der Waals surface area contributed by atoms with Crippen LogP contribution in [-0.2, 0) is 9.47 Å². The van der Waals surface area contributed by atoms with E-state index in [-0.39, 0.29) is 24.0 Å². The lowest BCUT2D eigenvalue weighted by Gasteiger charge is -2.30. The fourth-order valence-corrected chi connectivity index (χ4v) is 3.63. The van der Waals surface area contributed by atoms with Crippen molar-refractivity contribution < 1.29 is 9.47 Å². The molecule has 1 aliphatic carbocycles. The molecule has 0 aromatic rings. The fourth-order valence-electron chi connectivity index (χ4n) is 3.63. The van der Waals surface area contributed by atoms with Gasteiger partial charge in [0.1, 0.15) is 0 Å². The summed E-state index contributed by atoms with van der Waals surface area (Å²) in [6, 6.07) is 0.583. The van der Waals surface area contributed by atoms with E-state index in [0.717, 1.165) is 64.2 Å². The zero-order valence-corrected chi connectivity index (χ0v) is 18.4. The van der Waals surface area contributed by atoms with Crippen LogP contribution in [0.4, 0.5) is 0 Å².